The Morgan fingerprint density at radius 1 is 1.23 bits per heavy atom. The van der Waals surface area contributed by atoms with E-state index in [0.717, 1.165) is 24.2 Å². The Labute approximate surface area is 156 Å². The number of benzene rings is 1. The third-order valence-corrected chi connectivity index (χ3v) is 5.32. The summed E-state index contributed by atoms with van der Waals surface area (Å²) in [5, 5.41) is 13.3. The van der Waals surface area contributed by atoms with Crippen LogP contribution in [0.15, 0.2) is 52.9 Å². The Morgan fingerprint density at radius 2 is 2.00 bits per heavy atom. The van der Waals surface area contributed by atoms with Gasteiger partial charge in [0, 0.05) is 25.4 Å². The van der Waals surface area contributed by atoms with E-state index in [0.29, 0.717) is 18.8 Å². The van der Waals surface area contributed by atoms with Crippen LogP contribution in [0.1, 0.15) is 29.0 Å². The summed E-state index contributed by atoms with van der Waals surface area (Å²) in [5.74, 6) is 0.465. The van der Waals surface area contributed by atoms with Gasteiger partial charge in [0.25, 0.3) is 5.91 Å². The van der Waals surface area contributed by atoms with E-state index in [1.54, 1.807) is 16.2 Å². The van der Waals surface area contributed by atoms with Crippen molar-refractivity contribution >= 4 is 17.2 Å². The molecule has 26 heavy (non-hydrogen) atoms. The average molecular weight is 371 g/mol. The summed E-state index contributed by atoms with van der Waals surface area (Å²) in [6.45, 7) is 2.02. The molecule has 1 fully saturated rings. The Balaban J connectivity index is 1.45. The highest BCUT2D eigenvalue weighted by Gasteiger charge is 2.34. The van der Waals surface area contributed by atoms with Gasteiger partial charge < -0.3 is 19.5 Å². The second-order valence-corrected chi connectivity index (χ2v) is 7.34. The van der Waals surface area contributed by atoms with Gasteiger partial charge in [0.05, 0.1) is 13.2 Å². The normalized spacial score (nSPS) is 21.9. The Morgan fingerprint density at radius 3 is 2.65 bits per heavy atom. The molecular weight excluding hydrogens is 350 g/mol. The molecule has 0 bridgehead atoms. The molecule has 6 heteroatoms. The summed E-state index contributed by atoms with van der Waals surface area (Å²) >= 11 is 1.65. The summed E-state index contributed by atoms with van der Waals surface area (Å²) in [5.41, 5.74) is 3.07. The maximum Gasteiger partial charge on any atom is 0.288 e. The average Bonchev–Trinajstić information content (AvgIpc) is 3.39. The lowest BCUT2D eigenvalue weighted by Gasteiger charge is -2.29. The van der Waals surface area contributed by atoms with Gasteiger partial charge in [-0.3, -0.25) is 4.79 Å². The number of aliphatic hydroxyl groups excluding tert-OH is 1. The van der Waals surface area contributed by atoms with Gasteiger partial charge in [-0.15, -0.1) is 0 Å². The molecule has 1 aromatic heterocycles. The summed E-state index contributed by atoms with van der Waals surface area (Å²) in [4.78, 5) is 14.2. The molecule has 2 aliphatic rings. The molecule has 1 saturated heterocycles. The van der Waals surface area contributed by atoms with E-state index in [1.807, 2.05) is 35.7 Å². The van der Waals surface area contributed by atoms with Crippen LogP contribution in [-0.2, 0) is 27.5 Å². The molecule has 0 saturated carbocycles. The Kier molecular flexibility index (Phi) is 5.06. The fourth-order valence-electron chi connectivity index (χ4n) is 2.97. The molecule has 0 unspecified atom stereocenters. The number of hydrogen-bond donors (Lipinski definition) is 1. The molecule has 2 aromatic rings. The number of carbonyl (C=O) groups is 1. The number of hydrogen-bond acceptors (Lipinski definition) is 5. The van der Waals surface area contributed by atoms with Gasteiger partial charge in [0.2, 0.25) is 6.29 Å². The zero-order valence-electron chi connectivity index (χ0n) is 14.3. The highest BCUT2D eigenvalue weighted by Crippen LogP contribution is 2.34. The monoisotopic (exact) mass is 371 g/mol. The van der Waals surface area contributed by atoms with Crippen LogP contribution in [0.2, 0.25) is 0 Å². The largest absolute Gasteiger partial charge is 0.459 e. The van der Waals surface area contributed by atoms with Gasteiger partial charge in [-0.2, -0.15) is 11.3 Å². The maximum absolute atomic E-state index is 12.4. The number of amides is 1. The fourth-order valence-corrected chi connectivity index (χ4v) is 3.69. The molecule has 2 atom stereocenters. The smallest absolute Gasteiger partial charge is 0.288 e. The molecule has 1 amide bonds. The molecule has 4 rings (SSSR count). The van der Waals surface area contributed by atoms with Crippen molar-refractivity contribution < 1.29 is 19.4 Å². The first-order chi connectivity index (χ1) is 12.7. The predicted molar refractivity (Wildman–Crippen MR) is 98.4 cm³/mol. The van der Waals surface area contributed by atoms with Crippen molar-refractivity contribution in [1.82, 2.24) is 4.90 Å². The second-order valence-electron chi connectivity index (χ2n) is 6.56. The van der Waals surface area contributed by atoms with E-state index in [4.69, 9.17) is 14.6 Å². The second kappa shape index (κ2) is 7.61. The number of thiophene rings is 1. The van der Waals surface area contributed by atoms with Crippen molar-refractivity contribution in [2.24, 2.45) is 0 Å². The molecule has 0 aliphatic carbocycles. The van der Waals surface area contributed by atoms with E-state index >= 15 is 0 Å². The Hall–Kier alpha value is -2.15. The van der Waals surface area contributed by atoms with Gasteiger partial charge in [0.1, 0.15) is 0 Å². The van der Waals surface area contributed by atoms with Crippen LogP contribution in [0, 0.1) is 0 Å². The Bertz CT molecular complexity index is 781. The van der Waals surface area contributed by atoms with Crippen molar-refractivity contribution in [1.29, 1.82) is 0 Å². The first-order valence-corrected chi connectivity index (χ1v) is 9.67. The van der Waals surface area contributed by atoms with Crippen LogP contribution < -0.4 is 0 Å². The molecule has 5 nitrogen and oxygen atoms in total. The van der Waals surface area contributed by atoms with Crippen molar-refractivity contribution in [2.75, 3.05) is 13.1 Å². The first kappa shape index (κ1) is 17.3. The topological polar surface area (TPSA) is 58.8 Å². The molecule has 136 valence electrons. The van der Waals surface area contributed by atoms with Crippen LogP contribution in [0.3, 0.4) is 0 Å². The summed E-state index contributed by atoms with van der Waals surface area (Å²) in [6, 6.07) is 9.71. The van der Waals surface area contributed by atoms with E-state index < -0.39 is 6.29 Å². The van der Waals surface area contributed by atoms with Crippen molar-refractivity contribution in [3.63, 3.8) is 0 Å². The summed E-state index contributed by atoms with van der Waals surface area (Å²) < 4.78 is 11.8. The van der Waals surface area contributed by atoms with Gasteiger partial charge in [-0.05, 0) is 39.6 Å². The maximum atomic E-state index is 12.4. The van der Waals surface area contributed by atoms with E-state index in [2.05, 4.69) is 11.4 Å². The molecular formula is C20H21NO4S. The SMILES string of the molecule is O=C(C1=C[C@@H](c2ccsc2)C[C@@H](OCc2ccc(CO)cc2)O1)N1CC1. The minimum Gasteiger partial charge on any atom is -0.459 e. The number of allylic oxidation sites excluding steroid dienone is 1. The van der Waals surface area contributed by atoms with Crippen molar-refractivity contribution in [3.8, 4) is 0 Å². The zero-order valence-corrected chi connectivity index (χ0v) is 15.2. The number of aliphatic hydroxyl groups is 1. The lowest BCUT2D eigenvalue weighted by molar-refractivity contribution is -0.152. The number of carbonyl (C=O) groups excluding carboxylic acids is 1. The summed E-state index contributed by atoms with van der Waals surface area (Å²) in [7, 11) is 0. The standard InChI is InChI=1S/C20H21NO4S/c22-11-14-1-3-15(4-2-14)12-24-19-10-17(16-5-8-26-13-16)9-18(25-19)20(23)21-6-7-21/h1-5,8-9,13,17,19,22H,6-7,10-12H2/t17-,19+/m1/s1. The van der Waals surface area contributed by atoms with Crippen LogP contribution in [-0.4, -0.2) is 35.3 Å². The van der Waals surface area contributed by atoms with Gasteiger partial charge >= 0.3 is 0 Å². The molecule has 0 spiro atoms. The van der Waals surface area contributed by atoms with Gasteiger partial charge in [-0.25, -0.2) is 0 Å². The van der Waals surface area contributed by atoms with Gasteiger partial charge in [-0.1, -0.05) is 24.3 Å². The molecule has 3 heterocycles. The fraction of sp³-hybridized carbons (Fsp3) is 0.350. The van der Waals surface area contributed by atoms with Crippen LogP contribution in [0.5, 0.6) is 0 Å². The molecule has 0 radical (unpaired) electrons. The molecule has 1 N–H and O–H groups in total. The van der Waals surface area contributed by atoms with E-state index in [9.17, 15) is 4.79 Å². The number of ether oxygens (including phenoxy) is 2. The minimum atomic E-state index is -0.457. The van der Waals surface area contributed by atoms with Crippen LogP contribution in [0.25, 0.3) is 0 Å². The van der Waals surface area contributed by atoms with Crippen molar-refractivity contribution in [2.45, 2.75) is 31.8 Å². The number of nitrogens with zero attached hydrogens (tertiary/aromatic N) is 1. The van der Waals surface area contributed by atoms with Crippen molar-refractivity contribution in [3.05, 3.63) is 69.6 Å². The zero-order chi connectivity index (χ0) is 17.9. The molecule has 2 aliphatic heterocycles. The van der Waals surface area contributed by atoms with Gasteiger partial charge in [0.15, 0.2) is 5.76 Å². The predicted octanol–water partition coefficient (Wildman–Crippen LogP) is 3.01. The third-order valence-electron chi connectivity index (χ3n) is 4.62. The quantitative estimate of drug-likeness (QED) is 0.793. The minimum absolute atomic E-state index is 0.0297. The van der Waals surface area contributed by atoms with Crippen LogP contribution in [0.4, 0.5) is 0 Å². The summed E-state index contributed by atoms with van der Waals surface area (Å²) in [6.07, 6.45) is 2.15. The first-order valence-electron chi connectivity index (χ1n) is 8.73. The number of rotatable bonds is 6. The van der Waals surface area contributed by atoms with E-state index in [-0.39, 0.29) is 18.4 Å². The highest BCUT2D eigenvalue weighted by molar-refractivity contribution is 7.08. The molecule has 1 aromatic carbocycles. The lowest BCUT2D eigenvalue weighted by Crippen LogP contribution is -2.29. The van der Waals surface area contributed by atoms with E-state index in [1.165, 1.54) is 5.56 Å². The highest BCUT2D eigenvalue weighted by atomic mass is 32.1. The third kappa shape index (κ3) is 3.98. The lowest BCUT2D eigenvalue weighted by atomic mass is 9.95. The van der Waals surface area contributed by atoms with Crippen LogP contribution >= 0.6 is 11.3 Å².